The number of ketones is 1. The van der Waals surface area contributed by atoms with Gasteiger partial charge in [0.15, 0.2) is 5.78 Å². The molecule has 0 N–H and O–H groups in total. The number of nitrogens with zero attached hydrogens (tertiary/aromatic N) is 3. The largest absolute Gasteiger partial charge is 0.416 e. The monoisotopic (exact) mass is 331 g/mol. The molecule has 24 heavy (non-hydrogen) atoms. The number of carbonyl (C=O) groups is 1. The Morgan fingerprint density at radius 3 is 2.21 bits per heavy atom. The predicted octanol–water partition coefficient (Wildman–Crippen LogP) is 3.77. The third-order valence-corrected chi connectivity index (χ3v) is 3.56. The lowest BCUT2D eigenvalue weighted by Crippen LogP contribution is -2.21. The van der Waals surface area contributed by atoms with Crippen molar-refractivity contribution in [1.29, 1.82) is 0 Å². The van der Waals surface area contributed by atoms with E-state index < -0.39 is 17.8 Å². The first kappa shape index (κ1) is 15.9. The van der Waals surface area contributed by atoms with E-state index in [0.29, 0.717) is 5.56 Å². The zero-order valence-corrected chi connectivity index (χ0v) is 12.3. The maximum atomic E-state index is 12.8. The first-order valence-corrected chi connectivity index (χ1v) is 7.07. The maximum Gasteiger partial charge on any atom is 0.416 e. The number of Topliss-reactive ketones (excluding diaryl/α,β-unsaturated/α-hetero) is 1. The third-order valence-electron chi connectivity index (χ3n) is 3.56. The van der Waals surface area contributed by atoms with E-state index in [1.165, 1.54) is 29.5 Å². The third kappa shape index (κ3) is 3.19. The molecule has 1 heterocycles. The predicted molar refractivity (Wildman–Crippen MR) is 80.4 cm³/mol. The molecule has 0 fully saturated rings. The SMILES string of the molecule is O=C(c1ccc(C(F)(F)F)cc1)C(c1ccccc1)n1cncn1. The highest BCUT2D eigenvalue weighted by Crippen LogP contribution is 2.30. The number of hydrogen-bond acceptors (Lipinski definition) is 3. The van der Waals surface area contributed by atoms with Gasteiger partial charge in [-0.1, -0.05) is 42.5 Å². The highest BCUT2D eigenvalue weighted by atomic mass is 19.4. The van der Waals surface area contributed by atoms with Crippen LogP contribution in [0.25, 0.3) is 0 Å². The van der Waals surface area contributed by atoms with Crippen LogP contribution in [0.5, 0.6) is 0 Å². The molecular formula is C17H12F3N3O. The fraction of sp³-hybridized carbons (Fsp3) is 0.118. The van der Waals surface area contributed by atoms with Gasteiger partial charge in [-0.2, -0.15) is 18.3 Å². The van der Waals surface area contributed by atoms with Gasteiger partial charge >= 0.3 is 6.18 Å². The van der Waals surface area contributed by atoms with Crippen molar-refractivity contribution >= 4 is 5.78 Å². The maximum absolute atomic E-state index is 12.8. The lowest BCUT2D eigenvalue weighted by molar-refractivity contribution is -0.137. The van der Waals surface area contributed by atoms with Crippen LogP contribution in [0.4, 0.5) is 13.2 Å². The van der Waals surface area contributed by atoms with Crippen LogP contribution >= 0.6 is 0 Å². The van der Waals surface area contributed by atoms with Gasteiger partial charge in [-0.05, 0) is 17.7 Å². The second-order valence-electron chi connectivity index (χ2n) is 5.13. The average molecular weight is 331 g/mol. The lowest BCUT2D eigenvalue weighted by atomic mass is 9.97. The normalized spacial score (nSPS) is 12.8. The lowest BCUT2D eigenvalue weighted by Gasteiger charge is -2.17. The molecule has 3 aromatic rings. The van der Waals surface area contributed by atoms with E-state index in [4.69, 9.17) is 0 Å². The van der Waals surface area contributed by atoms with Gasteiger partial charge in [0.2, 0.25) is 0 Å². The van der Waals surface area contributed by atoms with Gasteiger partial charge in [-0.15, -0.1) is 0 Å². The van der Waals surface area contributed by atoms with Crippen molar-refractivity contribution in [3.63, 3.8) is 0 Å². The minimum absolute atomic E-state index is 0.173. The van der Waals surface area contributed by atoms with E-state index in [1.807, 2.05) is 6.07 Å². The van der Waals surface area contributed by atoms with Crippen LogP contribution in [-0.2, 0) is 6.18 Å². The Kier molecular flexibility index (Phi) is 4.16. The second kappa shape index (κ2) is 6.27. The van der Waals surface area contributed by atoms with Gasteiger partial charge in [-0.25, -0.2) is 9.67 Å². The molecule has 1 aromatic heterocycles. The van der Waals surface area contributed by atoms with E-state index in [-0.39, 0.29) is 11.3 Å². The van der Waals surface area contributed by atoms with Crippen LogP contribution in [0, 0.1) is 0 Å². The van der Waals surface area contributed by atoms with Gasteiger partial charge < -0.3 is 0 Å². The zero-order chi connectivity index (χ0) is 17.2. The summed E-state index contributed by atoms with van der Waals surface area (Å²) in [6, 6.07) is 12.3. The Hall–Kier alpha value is -2.96. The summed E-state index contributed by atoms with van der Waals surface area (Å²) in [5.41, 5.74) is 0.0521. The van der Waals surface area contributed by atoms with Crippen molar-refractivity contribution in [2.24, 2.45) is 0 Å². The fourth-order valence-electron chi connectivity index (χ4n) is 2.39. The topological polar surface area (TPSA) is 47.8 Å². The summed E-state index contributed by atoms with van der Waals surface area (Å²) in [6.45, 7) is 0. The van der Waals surface area contributed by atoms with E-state index >= 15 is 0 Å². The summed E-state index contributed by atoms with van der Waals surface area (Å²) in [6.07, 6.45) is -1.73. The first-order valence-electron chi connectivity index (χ1n) is 7.07. The molecule has 0 amide bonds. The summed E-state index contributed by atoms with van der Waals surface area (Å²) in [7, 11) is 0. The number of hydrogen-bond donors (Lipinski definition) is 0. The number of halogens is 3. The van der Waals surface area contributed by atoms with E-state index in [1.54, 1.807) is 24.3 Å². The molecule has 0 aliphatic heterocycles. The number of aromatic nitrogens is 3. The molecule has 3 rings (SSSR count). The van der Waals surface area contributed by atoms with E-state index in [2.05, 4.69) is 10.1 Å². The molecule has 1 atom stereocenters. The van der Waals surface area contributed by atoms with Gasteiger partial charge in [0, 0.05) is 5.56 Å². The Bertz CT molecular complexity index is 813. The summed E-state index contributed by atoms with van der Waals surface area (Å²) < 4.78 is 39.4. The average Bonchev–Trinajstić information content (AvgIpc) is 3.09. The molecule has 2 aromatic carbocycles. The standard InChI is InChI=1S/C17H12F3N3O/c18-17(19,20)14-8-6-13(7-9-14)16(24)15(23-11-21-10-22-23)12-4-2-1-3-5-12/h1-11,15H. The molecule has 0 bridgehead atoms. The van der Waals surface area contributed by atoms with Crippen LogP contribution in [0.2, 0.25) is 0 Å². The van der Waals surface area contributed by atoms with Crippen molar-refractivity contribution in [2.75, 3.05) is 0 Å². The van der Waals surface area contributed by atoms with Gasteiger partial charge in [0.1, 0.15) is 18.7 Å². The number of benzene rings is 2. The molecule has 122 valence electrons. The van der Waals surface area contributed by atoms with Gasteiger partial charge in [0.05, 0.1) is 5.56 Å². The van der Waals surface area contributed by atoms with Crippen LogP contribution in [-0.4, -0.2) is 20.5 Å². The first-order chi connectivity index (χ1) is 11.5. The van der Waals surface area contributed by atoms with Crippen LogP contribution in [0.3, 0.4) is 0 Å². The van der Waals surface area contributed by atoms with E-state index in [0.717, 1.165) is 12.1 Å². The van der Waals surface area contributed by atoms with E-state index in [9.17, 15) is 18.0 Å². The quantitative estimate of drug-likeness (QED) is 0.684. The van der Waals surface area contributed by atoms with Crippen molar-refractivity contribution in [3.8, 4) is 0 Å². The molecule has 0 aliphatic carbocycles. The van der Waals surface area contributed by atoms with Crippen molar-refractivity contribution in [3.05, 3.63) is 83.9 Å². The minimum Gasteiger partial charge on any atom is -0.291 e. The Labute approximate surface area is 135 Å². The molecule has 7 heteroatoms. The van der Waals surface area contributed by atoms with Crippen LogP contribution < -0.4 is 0 Å². The molecule has 1 unspecified atom stereocenters. The smallest absolute Gasteiger partial charge is 0.291 e. The van der Waals surface area contributed by atoms with Crippen LogP contribution in [0.15, 0.2) is 67.3 Å². The minimum atomic E-state index is -4.44. The number of rotatable bonds is 4. The van der Waals surface area contributed by atoms with Gasteiger partial charge in [0.25, 0.3) is 0 Å². The van der Waals surface area contributed by atoms with Crippen molar-refractivity contribution in [2.45, 2.75) is 12.2 Å². The summed E-state index contributed by atoms with van der Waals surface area (Å²) in [5, 5.41) is 4.00. The number of carbonyl (C=O) groups excluding carboxylic acids is 1. The molecule has 0 spiro atoms. The van der Waals surface area contributed by atoms with Crippen molar-refractivity contribution in [1.82, 2.24) is 14.8 Å². The summed E-state index contributed by atoms with van der Waals surface area (Å²) in [5.74, 6) is -0.361. The molecular weight excluding hydrogens is 319 g/mol. The number of alkyl halides is 3. The highest BCUT2D eigenvalue weighted by molar-refractivity contribution is 6.00. The fourth-order valence-corrected chi connectivity index (χ4v) is 2.39. The Morgan fingerprint density at radius 1 is 1.00 bits per heavy atom. The molecule has 0 aliphatic rings. The Balaban J connectivity index is 1.98. The molecule has 0 saturated heterocycles. The molecule has 4 nitrogen and oxygen atoms in total. The zero-order valence-electron chi connectivity index (χ0n) is 12.3. The van der Waals surface area contributed by atoms with Crippen molar-refractivity contribution < 1.29 is 18.0 Å². The van der Waals surface area contributed by atoms with Gasteiger partial charge in [-0.3, -0.25) is 4.79 Å². The van der Waals surface area contributed by atoms with Crippen LogP contribution in [0.1, 0.15) is 27.5 Å². The second-order valence-corrected chi connectivity index (χ2v) is 5.13. The molecule has 0 saturated carbocycles. The summed E-state index contributed by atoms with van der Waals surface area (Å²) >= 11 is 0. The molecule has 0 radical (unpaired) electrons. The highest BCUT2D eigenvalue weighted by Gasteiger charge is 2.31. The Morgan fingerprint density at radius 2 is 1.67 bits per heavy atom. The summed E-state index contributed by atoms with van der Waals surface area (Å²) in [4.78, 5) is 16.7.